The number of carbonyl (C=O) groups excluding carboxylic acids is 1. The van der Waals surface area contributed by atoms with Crippen molar-refractivity contribution in [2.75, 3.05) is 28.6 Å². The molecular weight excluding hydrogens is 398 g/mol. The summed E-state index contributed by atoms with van der Waals surface area (Å²) in [5.41, 5.74) is 2.27. The van der Waals surface area contributed by atoms with Gasteiger partial charge in [0.25, 0.3) is 0 Å². The number of hydrogen-bond donors (Lipinski definition) is 0. The van der Waals surface area contributed by atoms with E-state index in [-0.39, 0.29) is 11.9 Å². The van der Waals surface area contributed by atoms with E-state index in [1.165, 1.54) is 30.2 Å². The van der Waals surface area contributed by atoms with Crippen LogP contribution < -0.4 is 9.80 Å². The van der Waals surface area contributed by atoms with Gasteiger partial charge in [0, 0.05) is 24.8 Å². The van der Waals surface area contributed by atoms with Crippen molar-refractivity contribution in [3.05, 3.63) is 54.0 Å². The Morgan fingerprint density at radius 1 is 1.17 bits per heavy atom. The molecule has 0 radical (unpaired) electrons. The van der Waals surface area contributed by atoms with Gasteiger partial charge in [-0.25, -0.2) is 0 Å². The predicted molar refractivity (Wildman–Crippen MR) is 117 cm³/mol. The first-order valence-electron chi connectivity index (χ1n) is 10.4. The molecule has 0 spiro atoms. The van der Waals surface area contributed by atoms with Gasteiger partial charge in [-0.1, -0.05) is 30.0 Å². The number of rotatable bonds is 6. The molecule has 1 saturated heterocycles. The Kier molecular flexibility index (Phi) is 5.25. The summed E-state index contributed by atoms with van der Waals surface area (Å²) in [7, 11) is 0. The molecular formula is C22H25N5O2S. The van der Waals surface area contributed by atoms with E-state index in [2.05, 4.69) is 32.7 Å². The summed E-state index contributed by atoms with van der Waals surface area (Å²) in [6.45, 7) is 4.64. The summed E-state index contributed by atoms with van der Waals surface area (Å²) in [5.74, 6) is 2.14. The fourth-order valence-electron chi connectivity index (χ4n) is 4.38. The van der Waals surface area contributed by atoms with Crippen molar-refractivity contribution in [1.82, 2.24) is 14.8 Å². The third-order valence-corrected chi connectivity index (χ3v) is 6.73. The Hall–Kier alpha value is -2.74. The van der Waals surface area contributed by atoms with Gasteiger partial charge in [-0.2, -0.15) is 0 Å². The molecule has 30 heavy (non-hydrogen) atoms. The van der Waals surface area contributed by atoms with Crippen molar-refractivity contribution in [2.24, 2.45) is 0 Å². The Morgan fingerprint density at radius 2 is 2.00 bits per heavy atom. The first-order chi connectivity index (χ1) is 14.7. The van der Waals surface area contributed by atoms with Gasteiger partial charge in [0.2, 0.25) is 11.9 Å². The number of anilines is 2. The Balaban J connectivity index is 1.35. The number of nitrogens with zero attached hydrogens (tertiary/aromatic N) is 5. The molecule has 1 amide bonds. The van der Waals surface area contributed by atoms with E-state index >= 15 is 0 Å². The van der Waals surface area contributed by atoms with E-state index in [4.69, 9.17) is 4.42 Å². The standard InChI is InChI=1S/C22H25N5O2S/c1-16-13-17-7-2-3-9-19(17)27(16)20(28)15-30-22-24-23-21(25-10-4-5-11-25)26(22)14-18-8-6-12-29-18/h2-3,6-9,12,16H,4-5,10-11,13-15H2,1H3. The average molecular weight is 424 g/mol. The van der Waals surface area contributed by atoms with Crippen LogP contribution in [0.5, 0.6) is 0 Å². The molecule has 1 fully saturated rings. The lowest BCUT2D eigenvalue weighted by Gasteiger charge is -2.22. The Bertz CT molecular complexity index is 1030. The molecule has 156 valence electrons. The summed E-state index contributed by atoms with van der Waals surface area (Å²) in [5, 5.41) is 9.63. The summed E-state index contributed by atoms with van der Waals surface area (Å²) >= 11 is 1.45. The number of hydrogen-bond acceptors (Lipinski definition) is 6. The zero-order chi connectivity index (χ0) is 20.5. The molecule has 2 aliphatic heterocycles. The Labute approximate surface area is 180 Å². The molecule has 0 saturated carbocycles. The summed E-state index contributed by atoms with van der Waals surface area (Å²) in [6.07, 6.45) is 4.92. The van der Waals surface area contributed by atoms with Crippen LogP contribution >= 0.6 is 11.8 Å². The minimum atomic E-state index is 0.104. The SMILES string of the molecule is CC1Cc2ccccc2N1C(=O)CSc1nnc(N2CCCC2)n1Cc1ccco1. The summed E-state index contributed by atoms with van der Waals surface area (Å²) < 4.78 is 7.63. The highest BCUT2D eigenvalue weighted by Crippen LogP contribution is 2.33. The molecule has 1 atom stereocenters. The van der Waals surface area contributed by atoms with Gasteiger partial charge in [0.1, 0.15) is 5.76 Å². The third-order valence-electron chi connectivity index (χ3n) is 5.78. The number of amides is 1. The van der Waals surface area contributed by atoms with E-state index in [9.17, 15) is 4.79 Å². The molecule has 4 heterocycles. The van der Waals surface area contributed by atoms with Crippen LogP contribution in [0.3, 0.4) is 0 Å². The third kappa shape index (κ3) is 3.60. The number of thioether (sulfide) groups is 1. The molecule has 1 aromatic carbocycles. The molecule has 2 aliphatic rings. The number of carbonyl (C=O) groups is 1. The number of fused-ring (bicyclic) bond motifs is 1. The molecule has 0 bridgehead atoms. The molecule has 0 N–H and O–H groups in total. The smallest absolute Gasteiger partial charge is 0.237 e. The van der Waals surface area contributed by atoms with Crippen LogP contribution in [-0.2, 0) is 17.8 Å². The predicted octanol–water partition coefficient (Wildman–Crippen LogP) is 3.59. The zero-order valence-corrected chi connectivity index (χ0v) is 17.8. The first kappa shape index (κ1) is 19.2. The zero-order valence-electron chi connectivity index (χ0n) is 17.0. The second-order valence-electron chi connectivity index (χ2n) is 7.88. The number of para-hydroxylation sites is 1. The van der Waals surface area contributed by atoms with Crippen molar-refractivity contribution in [3.8, 4) is 0 Å². The molecule has 0 aliphatic carbocycles. The van der Waals surface area contributed by atoms with Crippen LogP contribution in [0.25, 0.3) is 0 Å². The van der Waals surface area contributed by atoms with Crippen molar-refractivity contribution >= 4 is 29.3 Å². The Morgan fingerprint density at radius 3 is 2.80 bits per heavy atom. The van der Waals surface area contributed by atoms with Gasteiger partial charge in [-0.05, 0) is 49.9 Å². The van der Waals surface area contributed by atoms with E-state index in [1.807, 2.05) is 35.2 Å². The summed E-state index contributed by atoms with van der Waals surface area (Å²) in [4.78, 5) is 17.3. The van der Waals surface area contributed by atoms with Crippen LogP contribution in [-0.4, -0.2) is 45.6 Å². The maximum atomic E-state index is 13.1. The molecule has 1 unspecified atom stereocenters. The van der Waals surface area contributed by atoms with Crippen molar-refractivity contribution < 1.29 is 9.21 Å². The van der Waals surface area contributed by atoms with Crippen molar-refractivity contribution in [2.45, 2.75) is 43.9 Å². The number of benzene rings is 1. The normalized spacial score (nSPS) is 18.2. The number of furan rings is 1. The molecule has 5 rings (SSSR count). The van der Waals surface area contributed by atoms with Crippen LogP contribution in [0.2, 0.25) is 0 Å². The lowest BCUT2D eigenvalue weighted by Crippen LogP contribution is -2.37. The van der Waals surface area contributed by atoms with Crippen LogP contribution in [0, 0.1) is 0 Å². The van der Waals surface area contributed by atoms with E-state index in [1.54, 1.807) is 6.26 Å². The van der Waals surface area contributed by atoms with E-state index in [0.29, 0.717) is 12.3 Å². The highest BCUT2D eigenvalue weighted by molar-refractivity contribution is 7.99. The van der Waals surface area contributed by atoms with E-state index < -0.39 is 0 Å². The lowest BCUT2D eigenvalue weighted by atomic mass is 10.1. The molecule has 2 aromatic heterocycles. The average Bonchev–Trinajstić information content (AvgIpc) is 3.53. The van der Waals surface area contributed by atoms with Gasteiger partial charge >= 0.3 is 0 Å². The highest BCUT2D eigenvalue weighted by atomic mass is 32.2. The van der Waals surface area contributed by atoms with Crippen LogP contribution in [0.1, 0.15) is 31.1 Å². The van der Waals surface area contributed by atoms with Crippen LogP contribution in [0.15, 0.2) is 52.2 Å². The first-order valence-corrected chi connectivity index (χ1v) is 11.4. The maximum Gasteiger partial charge on any atom is 0.237 e. The van der Waals surface area contributed by atoms with Gasteiger partial charge in [0.05, 0.1) is 18.6 Å². The fourth-order valence-corrected chi connectivity index (χ4v) is 5.17. The van der Waals surface area contributed by atoms with Gasteiger partial charge in [0.15, 0.2) is 5.16 Å². The van der Waals surface area contributed by atoms with Crippen molar-refractivity contribution in [3.63, 3.8) is 0 Å². The second-order valence-corrected chi connectivity index (χ2v) is 8.82. The molecule has 7 nitrogen and oxygen atoms in total. The van der Waals surface area contributed by atoms with Gasteiger partial charge in [-0.3, -0.25) is 9.36 Å². The van der Waals surface area contributed by atoms with Gasteiger partial charge in [-0.15, -0.1) is 10.2 Å². The molecule has 3 aromatic rings. The van der Waals surface area contributed by atoms with E-state index in [0.717, 1.165) is 42.1 Å². The van der Waals surface area contributed by atoms with Crippen LogP contribution in [0.4, 0.5) is 11.6 Å². The fraction of sp³-hybridized carbons (Fsp3) is 0.409. The summed E-state index contributed by atoms with van der Waals surface area (Å²) in [6, 6.07) is 12.2. The number of aromatic nitrogens is 3. The van der Waals surface area contributed by atoms with Gasteiger partial charge < -0.3 is 14.2 Å². The molecule has 8 heteroatoms. The topological polar surface area (TPSA) is 67.4 Å². The minimum Gasteiger partial charge on any atom is -0.467 e. The lowest BCUT2D eigenvalue weighted by molar-refractivity contribution is -0.116. The second kappa shape index (κ2) is 8.18. The van der Waals surface area contributed by atoms with Crippen molar-refractivity contribution in [1.29, 1.82) is 0 Å². The maximum absolute atomic E-state index is 13.1. The minimum absolute atomic E-state index is 0.104. The largest absolute Gasteiger partial charge is 0.467 e. The highest BCUT2D eigenvalue weighted by Gasteiger charge is 2.31. The quantitative estimate of drug-likeness (QED) is 0.565. The monoisotopic (exact) mass is 423 g/mol.